The number of nitrogens with zero attached hydrogens (tertiary/aromatic N) is 4. The van der Waals surface area contributed by atoms with Crippen molar-refractivity contribution in [3.05, 3.63) is 93.9 Å². The number of hydrogen-bond acceptors (Lipinski definition) is 8. The summed E-state index contributed by atoms with van der Waals surface area (Å²) in [5.41, 5.74) is 3.12. The van der Waals surface area contributed by atoms with E-state index in [1.165, 1.54) is 25.3 Å². The van der Waals surface area contributed by atoms with Gasteiger partial charge in [-0.2, -0.15) is 0 Å². The van der Waals surface area contributed by atoms with Crippen molar-refractivity contribution >= 4 is 73.7 Å². The summed E-state index contributed by atoms with van der Waals surface area (Å²) in [6.45, 7) is 4.10. The van der Waals surface area contributed by atoms with E-state index in [1.807, 2.05) is 0 Å². The molecule has 4 aromatic carbocycles. The predicted molar refractivity (Wildman–Crippen MR) is 183 cm³/mol. The van der Waals surface area contributed by atoms with E-state index in [2.05, 4.69) is 72.3 Å². The first-order valence-corrected chi connectivity index (χ1v) is 30.4. The molecule has 236 valence electrons. The molecule has 0 aromatic heterocycles. The van der Waals surface area contributed by atoms with E-state index in [4.69, 9.17) is 68.5 Å². The van der Waals surface area contributed by atoms with Crippen LogP contribution in [-0.4, -0.2) is 28.4 Å². The van der Waals surface area contributed by atoms with Crippen LogP contribution in [0.4, 0.5) is 11.4 Å². The minimum absolute atomic E-state index is 0.345. The first-order valence-electron chi connectivity index (χ1n) is 13.1. The molecule has 0 atom stereocenters. The van der Waals surface area contributed by atoms with Gasteiger partial charge in [-0.1, -0.05) is 58.9 Å². The first-order chi connectivity index (χ1) is 21.3. The van der Waals surface area contributed by atoms with Gasteiger partial charge in [0.15, 0.2) is 9.95 Å². The number of aryl methyl sites for hydroxylation is 2. The van der Waals surface area contributed by atoms with Gasteiger partial charge in [0.05, 0.1) is 50.4 Å². The van der Waals surface area contributed by atoms with Crippen LogP contribution in [0.25, 0.3) is 9.95 Å². The zero-order chi connectivity index (χ0) is 33.6. The van der Waals surface area contributed by atoms with Crippen LogP contribution in [0.2, 0.25) is 0 Å². The summed E-state index contributed by atoms with van der Waals surface area (Å²) < 4.78 is 21.1. The van der Waals surface area contributed by atoms with Crippen LogP contribution in [0, 0.1) is 24.6 Å². The molecule has 0 amide bonds. The molecule has 0 spiro atoms. The van der Waals surface area contributed by atoms with Gasteiger partial charge in [-0.25, -0.2) is 0 Å². The van der Waals surface area contributed by atoms with Crippen molar-refractivity contribution in [3.8, 4) is 23.0 Å². The Bertz CT molecular complexity index is 1520. The Hall–Kier alpha value is -2.60. The van der Waals surface area contributed by atoms with E-state index in [-0.39, 0.29) is 0 Å². The molecular formula is C30H30Cl4N4O4S2Zn. The summed E-state index contributed by atoms with van der Waals surface area (Å²) >= 11 is 3.14. The van der Waals surface area contributed by atoms with E-state index < -0.39 is 10.8 Å². The summed E-state index contributed by atoms with van der Waals surface area (Å²) in [5.74, 6) is 2.29. The number of diazo groups is 2. The molecule has 0 saturated heterocycles. The van der Waals surface area contributed by atoms with Crippen LogP contribution in [0.3, 0.4) is 0 Å². The third-order valence-electron chi connectivity index (χ3n) is 5.64. The molecule has 4 rings (SSSR count). The van der Waals surface area contributed by atoms with E-state index in [0.29, 0.717) is 34.4 Å². The maximum atomic E-state index is 8.96. The number of halogens is 4. The number of methoxy groups -OCH3 is 4. The number of hydrogen-bond donors (Lipinski definition) is 0. The van der Waals surface area contributed by atoms with Crippen molar-refractivity contribution in [2.45, 2.75) is 33.4 Å². The van der Waals surface area contributed by atoms with Crippen LogP contribution in [-0.2, 0) is 10.8 Å². The van der Waals surface area contributed by atoms with Gasteiger partial charge in [0, 0.05) is 21.9 Å². The third kappa shape index (κ3) is 13.3. The first kappa shape index (κ1) is 38.6. The zero-order valence-corrected chi connectivity index (χ0v) is 33.0. The second kappa shape index (κ2) is 19.2. The van der Waals surface area contributed by atoms with Crippen molar-refractivity contribution in [3.63, 3.8) is 0 Å². The molecule has 0 heterocycles. The Morgan fingerprint density at radius 1 is 0.533 bits per heavy atom. The Morgan fingerprint density at radius 3 is 1.07 bits per heavy atom. The van der Waals surface area contributed by atoms with Crippen molar-refractivity contribution in [2.24, 2.45) is 0 Å². The molecular weight excluding hydrogens is 752 g/mol. The van der Waals surface area contributed by atoms with Gasteiger partial charge in [-0.05, 0) is 38.1 Å². The fourth-order valence-corrected chi connectivity index (χ4v) is 5.36. The average molecular weight is 782 g/mol. The Labute approximate surface area is 290 Å². The van der Waals surface area contributed by atoms with Crippen molar-refractivity contribution in [2.75, 3.05) is 28.4 Å². The second-order valence-corrected chi connectivity index (χ2v) is 39.0. The molecule has 0 saturated carbocycles. The van der Waals surface area contributed by atoms with E-state index in [0.717, 1.165) is 19.6 Å². The number of benzene rings is 4. The number of rotatable bonds is 8. The molecule has 0 unspecified atom stereocenters. The predicted octanol–water partition coefficient (Wildman–Crippen LogP) is 12.1. The molecule has 0 bridgehead atoms. The summed E-state index contributed by atoms with van der Waals surface area (Å²) in [7, 11) is 23.1. The van der Waals surface area contributed by atoms with Crippen LogP contribution in [0.15, 0.2) is 92.4 Å². The fraction of sp³-hybridized carbons (Fsp3) is 0.200. The monoisotopic (exact) mass is 778 g/mol. The SMILES string of the molecule is COc1cc(Sc2ccc(C)cc2)c(OC)cc1[N+]#N.COc1cc(Sc2ccc(C)cc2)c(OC)cc1[N+]#N.[Cl][Zn-2]([Cl])([Cl])[Cl]. The molecule has 0 aliphatic carbocycles. The second-order valence-electron chi connectivity index (χ2n) is 8.99. The topological polar surface area (TPSA) is 93.2 Å². The maximum absolute atomic E-state index is 8.96. The quantitative estimate of drug-likeness (QED) is 0.129. The summed E-state index contributed by atoms with van der Waals surface area (Å²) in [6.07, 6.45) is 0. The zero-order valence-electron chi connectivity index (χ0n) is 25.4. The molecule has 15 heteroatoms. The molecule has 0 radical (unpaired) electrons. The normalized spacial score (nSPS) is 10.1. The van der Waals surface area contributed by atoms with Gasteiger partial charge in [-0.15, -0.1) is 0 Å². The minimum atomic E-state index is -3.36. The van der Waals surface area contributed by atoms with Crippen LogP contribution >= 0.6 is 62.3 Å². The Balaban J connectivity index is 0.000000273. The molecule has 8 nitrogen and oxygen atoms in total. The Morgan fingerprint density at radius 2 is 0.822 bits per heavy atom. The molecule has 45 heavy (non-hydrogen) atoms. The molecule has 0 aliphatic heterocycles. The Kier molecular flexibility index (Phi) is 16.4. The van der Waals surface area contributed by atoms with Gasteiger partial charge in [0.2, 0.25) is 22.3 Å². The van der Waals surface area contributed by atoms with Crippen molar-refractivity contribution in [1.29, 1.82) is 10.8 Å². The summed E-state index contributed by atoms with van der Waals surface area (Å²) in [4.78, 5) is 10.4. The van der Waals surface area contributed by atoms with E-state index >= 15 is 0 Å². The van der Waals surface area contributed by atoms with Crippen LogP contribution in [0.1, 0.15) is 11.1 Å². The summed E-state index contributed by atoms with van der Waals surface area (Å²) in [6, 6.07) is 23.3. The van der Waals surface area contributed by atoms with Gasteiger partial charge >= 0.3 is 61.0 Å². The van der Waals surface area contributed by atoms with Crippen LogP contribution < -0.4 is 18.9 Å². The average Bonchev–Trinajstić information content (AvgIpc) is 3.02. The molecule has 0 aliphatic rings. The van der Waals surface area contributed by atoms with Gasteiger partial charge in [-0.3, -0.25) is 0 Å². The van der Waals surface area contributed by atoms with E-state index in [9.17, 15) is 0 Å². The van der Waals surface area contributed by atoms with Crippen molar-refractivity contribution < 1.29 is 29.8 Å². The molecule has 4 aromatic rings. The number of ether oxygens (including phenoxy) is 4. The van der Waals surface area contributed by atoms with Gasteiger partial charge in [0.25, 0.3) is 0 Å². The fourth-order valence-electron chi connectivity index (χ4n) is 3.49. The molecule has 0 N–H and O–H groups in total. The molecule has 0 fully saturated rings. The standard InChI is InChI=1S/2C15H15N2O2S.4ClH.Zn/c2*1-10-4-6-11(7-5-10)20-15-9-13(18-2)12(17-16)8-14(15)19-3;;;;;/h2*4-9H,1-3H3;4*1H;/q2*+1;;;;;+2/p-4. The van der Waals surface area contributed by atoms with Crippen LogP contribution in [0.5, 0.6) is 23.0 Å². The third-order valence-corrected chi connectivity index (χ3v) is 7.74. The summed E-state index contributed by atoms with van der Waals surface area (Å²) in [5, 5.41) is 17.9. The van der Waals surface area contributed by atoms with E-state index in [1.54, 1.807) is 62.0 Å². The van der Waals surface area contributed by atoms with Gasteiger partial charge in [0.1, 0.15) is 11.5 Å². The van der Waals surface area contributed by atoms with Crippen molar-refractivity contribution in [1.82, 2.24) is 0 Å². The van der Waals surface area contributed by atoms with Gasteiger partial charge < -0.3 is 18.9 Å².